The standard InChI is InChI=1S/C22H27N7O3S/c1-14(2)33(30,31)28-10-9-16-19(27-11-12-32-13-15(27)3)25-22(26-20(16)28)29-18-8-6-5-7-17(18)24-21(29)23-4/h5-10,14-15H,11-13H2,1-4H3,(H,23,24)/t15-/m1/s1. The van der Waals surface area contributed by atoms with E-state index in [0.29, 0.717) is 48.5 Å². The van der Waals surface area contributed by atoms with Crippen LogP contribution in [0.1, 0.15) is 20.8 Å². The number of morpholine rings is 1. The summed E-state index contributed by atoms with van der Waals surface area (Å²) in [5, 5.41) is 3.20. The number of rotatable bonds is 5. The first kappa shape index (κ1) is 21.7. The number of fused-ring (bicyclic) bond motifs is 2. The van der Waals surface area contributed by atoms with Gasteiger partial charge < -0.3 is 15.0 Å². The average Bonchev–Trinajstić information content (AvgIpc) is 3.40. The fourth-order valence-corrected chi connectivity index (χ4v) is 5.22. The number of benzene rings is 1. The Labute approximate surface area is 192 Å². The van der Waals surface area contributed by atoms with Gasteiger partial charge in [0.25, 0.3) is 0 Å². The van der Waals surface area contributed by atoms with Crippen molar-refractivity contribution in [1.82, 2.24) is 23.5 Å². The van der Waals surface area contributed by atoms with Crippen molar-refractivity contribution in [2.24, 2.45) is 0 Å². The molecule has 0 bridgehead atoms. The molecule has 0 spiro atoms. The summed E-state index contributed by atoms with van der Waals surface area (Å²) in [6.07, 6.45) is 1.57. The Kier molecular flexibility index (Phi) is 5.25. The second-order valence-corrected chi connectivity index (χ2v) is 10.8. The van der Waals surface area contributed by atoms with Crippen LogP contribution in [0, 0.1) is 0 Å². The number of nitrogens with zero attached hydrogens (tertiary/aromatic N) is 6. The Morgan fingerprint density at radius 2 is 1.94 bits per heavy atom. The highest BCUT2D eigenvalue weighted by molar-refractivity contribution is 7.90. The minimum absolute atomic E-state index is 0.0815. The monoisotopic (exact) mass is 469 g/mol. The van der Waals surface area contributed by atoms with E-state index in [1.165, 1.54) is 3.97 Å². The molecular formula is C22H27N7O3S. The average molecular weight is 470 g/mol. The lowest BCUT2D eigenvalue weighted by Crippen LogP contribution is -2.44. The third-order valence-electron chi connectivity index (χ3n) is 5.97. The van der Waals surface area contributed by atoms with Gasteiger partial charge in [-0.3, -0.25) is 0 Å². The molecule has 1 saturated heterocycles. The fraction of sp³-hybridized carbons (Fsp3) is 0.409. The summed E-state index contributed by atoms with van der Waals surface area (Å²) in [4.78, 5) is 16.5. The Morgan fingerprint density at radius 3 is 2.67 bits per heavy atom. The molecule has 1 aliphatic rings. The molecule has 0 saturated carbocycles. The largest absolute Gasteiger partial charge is 0.377 e. The number of imidazole rings is 1. The molecule has 11 heteroatoms. The van der Waals surface area contributed by atoms with Crippen molar-refractivity contribution in [3.63, 3.8) is 0 Å². The maximum atomic E-state index is 13.1. The van der Waals surface area contributed by atoms with Gasteiger partial charge in [0.15, 0.2) is 5.65 Å². The maximum Gasteiger partial charge on any atom is 0.242 e. The van der Waals surface area contributed by atoms with Gasteiger partial charge in [-0.15, -0.1) is 0 Å². The Balaban J connectivity index is 1.84. The molecule has 1 atom stereocenters. The summed E-state index contributed by atoms with van der Waals surface area (Å²) >= 11 is 0. The van der Waals surface area contributed by atoms with Crippen LogP contribution in [-0.2, 0) is 14.8 Å². The van der Waals surface area contributed by atoms with Gasteiger partial charge in [0.1, 0.15) is 5.82 Å². The molecule has 33 heavy (non-hydrogen) atoms. The van der Waals surface area contributed by atoms with Crippen molar-refractivity contribution in [3.8, 4) is 5.95 Å². The van der Waals surface area contributed by atoms with Crippen LogP contribution in [0.25, 0.3) is 28.0 Å². The van der Waals surface area contributed by atoms with E-state index in [-0.39, 0.29) is 6.04 Å². The van der Waals surface area contributed by atoms with E-state index in [1.807, 2.05) is 28.8 Å². The minimum atomic E-state index is -3.62. The van der Waals surface area contributed by atoms with Crippen LogP contribution in [0.5, 0.6) is 0 Å². The van der Waals surface area contributed by atoms with Crippen molar-refractivity contribution < 1.29 is 13.2 Å². The summed E-state index contributed by atoms with van der Waals surface area (Å²) in [6, 6.07) is 9.57. The van der Waals surface area contributed by atoms with Crippen LogP contribution in [0.4, 0.5) is 11.8 Å². The predicted molar refractivity (Wildman–Crippen MR) is 129 cm³/mol. The smallest absolute Gasteiger partial charge is 0.242 e. The van der Waals surface area contributed by atoms with Gasteiger partial charge in [-0.2, -0.15) is 9.97 Å². The van der Waals surface area contributed by atoms with Crippen LogP contribution in [0.3, 0.4) is 0 Å². The van der Waals surface area contributed by atoms with Gasteiger partial charge in [0.2, 0.25) is 21.9 Å². The first-order valence-corrected chi connectivity index (χ1v) is 12.5. The van der Waals surface area contributed by atoms with Crippen molar-refractivity contribution in [1.29, 1.82) is 0 Å². The second kappa shape index (κ2) is 7.99. The van der Waals surface area contributed by atoms with Crippen molar-refractivity contribution >= 4 is 43.9 Å². The molecule has 4 aromatic rings. The molecule has 10 nitrogen and oxygen atoms in total. The van der Waals surface area contributed by atoms with Crippen molar-refractivity contribution in [2.75, 3.05) is 37.0 Å². The highest BCUT2D eigenvalue weighted by Crippen LogP contribution is 2.32. The van der Waals surface area contributed by atoms with E-state index < -0.39 is 15.3 Å². The summed E-state index contributed by atoms with van der Waals surface area (Å²) in [7, 11) is -1.84. The molecule has 0 aliphatic carbocycles. The Hall–Kier alpha value is -3.18. The summed E-state index contributed by atoms with van der Waals surface area (Å²) in [5.41, 5.74) is 1.96. The molecule has 0 unspecified atom stereocenters. The van der Waals surface area contributed by atoms with E-state index in [2.05, 4.69) is 22.1 Å². The number of para-hydroxylation sites is 2. The van der Waals surface area contributed by atoms with Crippen molar-refractivity contribution in [2.45, 2.75) is 32.1 Å². The zero-order valence-electron chi connectivity index (χ0n) is 19.1. The molecule has 1 aliphatic heterocycles. The third kappa shape index (κ3) is 3.42. The van der Waals surface area contributed by atoms with Gasteiger partial charge >= 0.3 is 0 Å². The first-order chi connectivity index (χ1) is 15.8. The maximum absolute atomic E-state index is 13.1. The predicted octanol–water partition coefficient (Wildman–Crippen LogP) is 2.62. The fourth-order valence-electron chi connectivity index (χ4n) is 4.15. The SMILES string of the molecule is CNc1nc2ccccc2n1-c1nc(N2CCOC[C@H]2C)c2ccn(S(=O)(=O)C(C)C)c2n1. The number of hydrogen-bond acceptors (Lipinski definition) is 8. The zero-order valence-corrected chi connectivity index (χ0v) is 19.9. The van der Waals surface area contributed by atoms with E-state index in [4.69, 9.17) is 14.7 Å². The molecule has 4 heterocycles. The van der Waals surface area contributed by atoms with Crippen LogP contribution >= 0.6 is 0 Å². The van der Waals surface area contributed by atoms with E-state index in [0.717, 1.165) is 11.0 Å². The van der Waals surface area contributed by atoms with Gasteiger partial charge in [0, 0.05) is 19.8 Å². The first-order valence-electron chi connectivity index (χ1n) is 11.0. The molecule has 174 valence electrons. The molecule has 1 fully saturated rings. The van der Waals surface area contributed by atoms with Gasteiger partial charge in [-0.1, -0.05) is 12.1 Å². The van der Waals surface area contributed by atoms with E-state index in [9.17, 15) is 8.42 Å². The van der Waals surface area contributed by atoms with E-state index in [1.54, 1.807) is 33.2 Å². The molecule has 3 aromatic heterocycles. The highest BCUT2D eigenvalue weighted by atomic mass is 32.2. The van der Waals surface area contributed by atoms with Gasteiger partial charge in [0.05, 0.1) is 40.9 Å². The number of aromatic nitrogens is 5. The quantitative estimate of drug-likeness (QED) is 0.475. The molecular weight excluding hydrogens is 442 g/mol. The summed E-state index contributed by atoms with van der Waals surface area (Å²) in [5.74, 6) is 1.61. The third-order valence-corrected chi connectivity index (χ3v) is 8.01. The molecule has 0 amide bonds. The van der Waals surface area contributed by atoms with Gasteiger partial charge in [-0.25, -0.2) is 21.9 Å². The van der Waals surface area contributed by atoms with Crippen LogP contribution < -0.4 is 10.2 Å². The lowest BCUT2D eigenvalue weighted by Gasteiger charge is -2.34. The highest BCUT2D eigenvalue weighted by Gasteiger charge is 2.28. The molecule has 0 radical (unpaired) electrons. The molecule has 1 N–H and O–H groups in total. The minimum Gasteiger partial charge on any atom is -0.377 e. The topological polar surface area (TPSA) is 107 Å². The molecule has 5 rings (SSSR count). The number of anilines is 2. The van der Waals surface area contributed by atoms with E-state index >= 15 is 0 Å². The summed E-state index contributed by atoms with van der Waals surface area (Å²) < 4.78 is 35.0. The van der Waals surface area contributed by atoms with Crippen LogP contribution in [0.15, 0.2) is 36.5 Å². The summed E-state index contributed by atoms with van der Waals surface area (Å²) in [6.45, 7) is 7.19. The lowest BCUT2D eigenvalue weighted by atomic mass is 10.2. The Morgan fingerprint density at radius 1 is 1.15 bits per heavy atom. The zero-order chi connectivity index (χ0) is 23.3. The normalized spacial score (nSPS) is 17.4. The Bertz CT molecular complexity index is 1440. The lowest BCUT2D eigenvalue weighted by molar-refractivity contribution is 0.0987. The van der Waals surface area contributed by atoms with Crippen LogP contribution in [-0.4, -0.2) is 70.0 Å². The van der Waals surface area contributed by atoms with Gasteiger partial charge in [-0.05, 0) is 39.0 Å². The van der Waals surface area contributed by atoms with Crippen LogP contribution in [0.2, 0.25) is 0 Å². The van der Waals surface area contributed by atoms with Crippen molar-refractivity contribution in [3.05, 3.63) is 36.5 Å². The molecule has 1 aromatic carbocycles. The number of ether oxygens (including phenoxy) is 1. The number of nitrogens with one attached hydrogen (secondary N) is 1. The second-order valence-electron chi connectivity index (χ2n) is 8.42. The number of hydrogen-bond donors (Lipinski definition) is 1.